The van der Waals surface area contributed by atoms with Crippen molar-refractivity contribution in [2.75, 3.05) is 54.9 Å². The second kappa shape index (κ2) is 39.2. The summed E-state index contributed by atoms with van der Waals surface area (Å²) in [5, 5.41) is 30.2. The Labute approximate surface area is 601 Å². The second-order valence-corrected chi connectivity index (χ2v) is 28.8. The van der Waals surface area contributed by atoms with E-state index in [1.54, 1.807) is 144 Å². The molecule has 5 rings (SSSR count). The van der Waals surface area contributed by atoms with Crippen molar-refractivity contribution in [3.05, 3.63) is 108 Å². The molecule has 0 saturated carbocycles. The van der Waals surface area contributed by atoms with Gasteiger partial charge in [-0.05, 0) is 93.2 Å². The third kappa shape index (κ3) is 23.7. The molecule has 2 heterocycles. The van der Waals surface area contributed by atoms with Crippen LogP contribution in [0.4, 0.5) is 0 Å². The average molecular weight is 1420 g/mol. The van der Waals surface area contributed by atoms with Crippen LogP contribution in [0.15, 0.2) is 91.0 Å². The minimum Gasteiger partial charge on any atom is -0.391 e. The molecule has 2 aliphatic rings. The largest absolute Gasteiger partial charge is 0.391 e. The van der Waals surface area contributed by atoms with Gasteiger partial charge in [0.15, 0.2) is 0 Å². The standard InChI is InChI=1S/C75H111N13O14/c1-44(2)37-56-69(96)82-63(50(11)89)75(102)86(15)57(40-52-31-23-18-24-32-52)67(94)76-43-61(91)83(12)59(38-45(3)4)73(100)87(16)64(47(7)8)70(97)79-54(39-51-29-21-17-22-30-51)66(93)80-55(42-60(90)77-48(9)65(92)81-62(46(5)6)74(101)85(56)14)72(99)84(13)58(41-53-33-25-19-26-34-53)68(95)78-49(10)71(98)88-35-27-20-28-36-88/h17-19,21-26,29-34,44-50,54-59,62-64,89H,20,27-28,35-43H2,1-16H3,(H,76,94)(H,77,90)(H,78,95)(H,79,97)(H,80,93)(H,81,92)(H,82,96)/t48-,49+,50-,54-,55+,56+,57+,58+,59+,62+,63+,64+/m1/s1. The van der Waals surface area contributed by atoms with Crippen molar-refractivity contribution >= 4 is 76.8 Å². The highest BCUT2D eigenvalue weighted by atomic mass is 16.3. The van der Waals surface area contributed by atoms with E-state index in [2.05, 4.69) is 37.2 Å². The van der Waals surface area contributed by atoms with Gasteiger partial charge in [-0.15, -0.1) is 0 Å². The van der Waals surface area contributed by atoms with E-state index >= 15 is 19.2 Å². The first-order valence-electron chi connectivity index (χ1n) is 35.5. The molecule has 0 unspecified atom stereocenters. The van der Waals surface area contributed by atoms with E-state index in [9.17, 15) is 48.3 Å². The lowest BCUT2D eigenvalue weighted by atomic mass is 9.96. The van der Waals surface area contributed by atoms with E-state index in [1.165, 1.54) is 58.9 Å². The highest BCUT2D eigenvalue weighted by molar-refractivity contribution is 6.01. The molecule has 0 radical (unpaired) electrons. The molecule has 102 heavy (non-hydrogen) atoms. The maximum Gasteiger partial charge on any atom is 0.248 e. The van der Waals surface area contributed by atoms with Gasteiger partial charge in [-0.1, -0.05) is 146 Å². The third-order valence-corrected chi connectivity index (χ3v) is 18.9. The number of carbonyl (C=O) groups is 13. The van der Waals surface area contributed by atoms with Gasteiger partial charge in [0.25, 0.3) is 0 Å². The zero-order valence-corrected chi connectivity index (χ0v) is 62.3. The summed E-state index contributed by atoms with van der Waals surface area (Å²) in [5.74, 6) is -12.1. The van der Waals surface area contributed by atoms with Gasteiger partial charge in [-0.25, -0.2) is 0 Å². The average Bonchev–Trinajstić information content (AvgIpc) is 0.829. The van der Waals surface area contributed by atoms with E-state index in [1.807, 2.05) is 13.8 Å². The Morgan fingerprint density at radius 2 is 1.05 bits per heavy atom. The number of nitrogens with one attached hydrogen (secondary N) is 7. The number of likely N-dealkylation sites (tertiary alicyclic amines) is 1. The van der Waals surface area contributed by atoms with E-state index in [-0.39, 0.29) is 49.8 Å². The molecule has 3 aromatic rings. The number of hydrogen-bond acceptors (Lipinski definition) is 14. The maximum atomic E-state index is 15.5. The number of amides is 13. The molecule has 0 aromatic heterocycles. The Kier molecular flexibility index (Phi) is 32.1. The predicted octanol–water partition coefficient (Wildman–Crippen LogP) is 2.12. The van der Waals surface area contributed by atoms with Crippen LogP contribution in [-0.2, 0) is 81.6 Å². The van der Waals surface area contributed by atoms with Gasteiger partial charge in [-0.2, -0.15) is 0 Å². The van der Waals surface area contributed by atoms with E-state index < -0.39 is 168 Å². The molecule has 13 amide bonds. The van der Waals surface area contributed by atoms with Crippen molar-refractivity contribution in [3.63, 3.8) is 0 Å². The van der Waals surface area contributed by atoms with E-state index in [0.29, 0.717) is 29.8 Å². The number of likely N-dealkylation sites (N-methyl/N-ethyl adjacent to an activating group) is 5. The number of benzene rings is 3. The zero-order chi connectivity index (χ0) is 76.0. The van der Waals surface area contributed by atoms with Crippen LogP contribution in [0.1, 0.15) is 131 Å². The van der Waals surface area contributed by atoms with Crippen LogP contribution >= 0.6 is 0 Å². The van der Waals surface area contributed by atoms with Crippen LogP contribution in [0.3, 0.4) is 0 Å². The second-order valence-electron chi connectivity index (χ2n) is 28.8. The number of nitrogens with zero attached hydrogens (tertiary/aromatic N) is 6. The van der Waals surface area contributed by atoms with Crippen LogP contribution in [0.25, 0.3) is 0 Å². The summed E-state index contributed by atoms with van der Waals surface area (Å²) >= 11 is 0. The molecule has 2 fully saturated rings. The molecule has 0 spiro atoms. The molecular weight excluding hydrogens is 1310 g/mol. The molecule has 0 bridgehead atoms. The fourth-order valence-electron chi connectivity index (χ4n) is 12.8. The SMILES string of the molecule is CC(C)C[C@H]1C(=O)N(C)[C@@H](C(C)C)C(=O)N[C@H](Cc2ccccc2)C(=O)N[C@H](C(=O)N(C)[C@@H](Cc2ccccc2)C(=O)N[C@@H](C)C(=O)N2CCCCC2)CC(=O)N[C@H](C)C(=O)N[C@@H](C(C)C)C(=O)N(C)[C@@H](CC(C)C)C(=O)N[C@@H]([C@@H](C)O)C(=O)N(C)[C@@H](Cc2ccccc2)C(=O)NCC(=O)N1C. The van der Waals surface area contributed by atoms with Crippen LogP contribution in [0.2, 0.25) is 0 Å². The lowest BCUT2D eigenvalue weighted by Gasteiger charge is -2.37. The number of carbonyl (C=O) groups excluding carboxylic acids is 13. The summed E-state index contributed by atoms with van der Waals surface area (Å²) in [5.41, 5.74) is 1.76. The fourth-order valence-corrected chi connectivity index (χ4v) is 12.8. The predicted molar refractivity (Wildman–Crippen MR) is 384 cm³/mol. The van der Waals surface area contributed by atoms with Gasteiger partial charge in [0.2, 0.25) is 76.8 Å². The summed E-state index contributed by atoms with van der Waals surface area (Å²) in [6, 6.07) is 10.5. The minimum absolute atomic E-state index is 0.0236. The fraction of sp³-hybridized carbons (Fsp3) is 0.587. The van der Waals surface area contributed by atoms with Crippen molar-refractivity contribution in [1.82, 2.24) is 66.6 Å². The smallest absolute Gasteiger partial charge is 0.248 e. The third-order valence-electron chi connectivity index (χ3n) is 18.9. The monoisotopic (exact) mass is 1420 g/mol. The van der Waals surface area contributed by atoms with Gasteiger partial charge in [0.1, 0.15) is 66.5 Å². The molecule has 3 aromatic carbocycles. The Balaban J connectivity index is 1.66. The number of aliphatic hydroxyl groups is 1. The number of hydrogen-bond donors (Lipinski definition) is 8. The lowest BCUT2D eigenvalue weighted by Crippen LogP contribution is -2.62. The quantitative estimate of drug-likeness (QED) is 0.0905. The van der Waals surface area contributed by atoms with Gasteiger partial charge in [0.05, 0.1) is 19.1 Å². The Morgan fingerprint density at radius 3 is 1.58 bits per heavy atom. The summed E-state index contributed by atoms with van der Waals surface area (Å²) in [6.07, 6.45) is -0.200. The molecule has 2 aliphatic heterocycles. The van der Waals surface area contributed by atoms with Gasteiger partial charge < -0.3 is 71.7 Å². The summed E-state index contributed by atoms with van der Waals surface area (Å²) in [7, 11) is 6.75. The van der Waals surface area contributed by atoms with Gasteiger partial charge in [-0.3, -0.25) is 62.3 Å². The number of rotatable bonds is 18. The van der Waals surface area contributed by atoms with Crippen LogP contribution in [0, 0.1) is 23.7 Å². The normalized spacial score (nSPS) is 23.9. The Hall–Kier alpha value is -9.27. The summed E-state index contributed by atoms with van der Waals surface area (Å²) in [4.78, 5) is 199. The van der Waals surface area contributed by atoms with Gasteiger partial charge in [0, 0.05) is 67.6 Å². The van der Waals surface area contributed by atoms with Crippen molar-refractivity contribution in [2.45, 2.75) is 207 Å². The van der Waals surface area contributed by atoms with Crippen LogP contribution < -0.4 is 37.2 Å². The topological polar surface area (TPSA) is 346 Å². The van der Waals surface area contributed by atoms with Gasteiger partial charge >= 0.3 is 0 Å². The molecule has 27 nitrogen and oxygen atoms in total. The van der Waals surface area contributed by atoms with Crippen molar-refractivity contribution in [2.24, 2.45) is 23.7 Å². The molecule has 2 saturated heterocycles. The lowest BCUT2D eigenvalue weighted by molar-refractivity contribution is -0.150. The Morgan fingerprint density at radius 1 is 0.539 bits per heavy atom. The molecule has 560 valence electrons. The number of piperidine rings is 1. The first-order chi connectivity index (χ1) is 48.0. The molecule has 8 N–H and O–H groups in total. The highest BCUT2D eigenvalue weighted by Gasteiger charge is 2.43. The molecule has 27 heteroatoms. The molecule has 12 atom stereocenters. The summed E-state index contributed by atoms with van der Waals surface area (Å²) in [6.45, 7) is 18.4. The molecule has 0 aliphatic carbocycles. The first kappa shape index (κ1) is 83.4. The van der Waals surface area contributed by atoms with Crippen LogP contribution in [-0.4, -0.2) is 239 Å². The minimum atomic E-state index is -1.85. The van der Waals surface area contributed by atoms with Crippen molar-refractivity contribution in [3.8, 4) is 0 Å². The van der Waals surface area contributed by atoms with E-state index in [0.717, 1.165) is 34.0 Å². The molecular formula is C75H111N13O14. The maximum absolute atomic E-state index is 15.5. The number of aliphatic hydroxyl groups excluding tert-OH is 1. The summed E-state index contributed by atoms with van der Waals surface area (Å²) < 4.78 is 0. The zero-order valence-electron chi connectivity index (χ0n) is 62.3. The van der Waals surface area contributed by atoms with Crippen LogP contribution in [0.5, 0.6) is 0 Å². The Bertz CT molecular complexity index is 3370. The highest BCUT2D eigenvalue weighted by Crippen LogP contribution is 2.22. The van der Waals surface area contributed by atoms with E-state index in [4.69, 9.17) is 0 Å². The van der Waals surface area contributed by atoms with Crippen molar-refractivity contribution < 1.29 is 67.4 Å². The van der Waals surface area contributed by atoms with Crippen molar-refractivity contribution in [1.29, 1.82) is 0 Å². The first-order valence-corrected chi connectivity index (χ1v) is 35.5.